The Labute approximate surface area is 296 Å². The minimum absolute atomic E-state index is 0.619. The predicted molar refractivity (Wildman–Crippen MR) is 203 cm³/mol. The van der Waals surface area contributed by atoms with Crippen LogP contribution in [-0.2, 0) is 37.1 Å². The second-order valence-corrected chi connectivity index (χ2v) is 17.3. The molecule has 0 N–H and O–H groups in total. The number of hydrogen-bond donors (Lipinski definition) is 0. The number of nitrogens with zero attached hydrogens (tertiary/aromatic N) is 2. The van der Waals surface area contributed by atoms with E-state index in [1.54, 1.807) is 21.6 Å². The average Bonchev–Trinajstić information content (AvgIpc) is 3.88. The van der Waals surface area contributed by atoms with Crippen molar-refractivity contribution in [2.24, 2.45) is 23.7 Å². The topological polar surface area (TPSA) is 15.7 Å². The van der Waals surface area contributed by atoms with E-state index in [1.165, 1.54) is 88.2 Å². The molecule has 2 aliphatic carbocycles. The Hall–Kier alpha value is -1.98. The van der Waals surface area contributed by atoms with E-state index < -0.39 is 0 Å². The molecule has 2 aliphatic heterocycles. The van der Waals surface area contributed by atoms with E-state index in [1.807, 2.05) is 11.3 Å². The molecule has 1 saturated heterocycles. The standard InChI is InChI=1S/C44H62N2OS/c1-32(2)44-26-34(31-48-44)25-43(40-27-36-13-7-8-14-37(36)28-40)42(35-11-5-4-6-12-35)20-19-41(45-21-23-47-24-22-45)18-17-33(3)46-29-38-15-9-10-16-39(38)30-46/h7-10,13-16,26,31-33,35,40-43H,4-6,11-12,17-25,27-30H2,1-3H3. The molecule has 7 rings (SSSR count). The van der Waals surface area contributed by atoms with Gasteiger partial charge in [-0.25, -0.2) is 0 Å². The van der Waals surface area contributed by atoms with Crippen LogP contribution in [0.2, 0.25) is 0 Å². The summed E-state index contributed by atoms with van der Waals surface area (Å²) in [5.41, 5.74) is 7.96. The molecule has 48 heavy (non-hydrogen) atoms. The van der Waals surface area contributed by atoms with Gasteiger partial charge in [0.1, 0.15) is 0 Å². The maximum Gasteiger partial charge on any atom is 0.0594 e. The highest BCUT2D eigenvalue weighted by Crippen LogP contribution is 2.46. The molecule has 4 atom stereocenters. The molecule has 0 radical (unpaired) electrons. The van der Waals surface area contributed by atoms with Gasteiger partial charge in [-0.05, 0) is 121 Å². The van der Waals surface area contributed by atoms with E-state index in [4.69, 9.17) is 4.74 Å². The summed E-state index contributed by atoms with van der Waals surface area (Å²) in [4.78, 5) is 7.13. The van der Waals surface area contributed by atoms with Crippen LogP contribution in [0.15, 0.2) is 60.0 Å². The zero-order valence-electron chi connectivity index (χ0n) is 30.3. The van der Waals surface area contributed by atoms with Crippen LogP contribution in [0.4, 0.5) is 0 Å². The Morgan fingerprint density at radius 2 is 1.33 bits per heavy atom. The van der Waals surface area contributed by atoms with Crippen LogP contribution < -0.4 is 0 Å². The van der Waals surface area contributed by atoms with E-state index >= 15 is 0 Å². The number of hydrogen-bond acceptors (Lipinski definition) is 4. The second-order valence-electron chi connectivity index (χ2n) is 16.4. The highest BCUT2D eigenvalue weighted by molar-refractivity contribution is 7.10. The summed E-state index contributed by atoms with van der Waals surface area (Å²) in [6.45, 7) is 13.5. The molecule has 1 saturated carbocycles. The van der Waals surface area contributed by atoms with Crippen molar-refractivity contribution in [3.05, 3.63) is 92.7 Å². The van der Waals surface area contributed by atoms with Crippen molar-refractivity contribution in [1.29, 1.82) is 0 Å². The maximum absolute atomic E-state index is 5.89. The van der Waals surface area contributed by atoms with E-state index in [2.05, 4.69) is 90.5 Å². The lowest BCUT2D eigenvalue weighted by molar-refractivity contribution is 0.00639. The number of morpholine rings is 1. The quantitative estimate of drug-likeness (QED) is 0.170. The van der Waals surface area contributed by atoms with Crippen LogP contribution in [0.5, 0.6) is 0 Å². The third-order valence-electron chi connectivity index (χ3n) is 13.0. The first-order valence-corrected chi connectivity index (χ1v) is 20.7. The van der Waals surface area contributed by atoms with Crippen molar-refractivity contribution in [2.45, 2.75) is 129 Å². The monoisotopic (exact) mass is 666 g/mol. The second kappa shape index (κ2) is 16.4. The fraction of sp³-hybridized carbons (Fsp3) is 0.636. The minimum Gasteiger partial charge on any atom is -0.379 e. The molecule has 0 amide bonds. The zero-order valence-corrected chi connectivity index (χ0v) is 31.1. The van der Waals surface area contributed by atoms with Crippen molar-refractivity contribution < 1.29 is 4.74 Å². The van der Waals surface area contributed by atoms with Crippen molar-refractivity contribution in [3.63, 3.8) is 0 Å². The van der Waals surface area contributed by atoms with Gasteiger partial charge in [0.25, 0.3) is 0 Å². The molecular formula is C44H62N2OS. The largest absolute Gasteiger partial charge is 0.379 e. The lowest BCUT2D eigenvalue weighted by Gasteiger charge is -2.41. The number of thiophene rings is 1. The normalized spacial score (nSPS) is 22.1. The molecule has 0 spiro atoms. The zero-order chi connectivity index (χ0) is 32.9. The summed E-state index contributed by atoms with van der Waals surface area (Å²) in [6, 6.07) is 22.4. The molecule has 260 valence electrons. The number of ether oxygens (including phenoxy) is 1. The fourth-order valence-electron chi connectivity index (χ4n) is 10.1. The van der Waals surface area contributed by atoms with Gasteiger partial charge in [0.15, 0.2) is 0 Å². The Kier molecular flexibility index (Phi) is 11.7. The van der Waals surface area contributed by atoms with Gasteiger partial charge >= 0.3 is 0 Å². The van der Waals surface area contributed by atoms with Gasteiger partial charge in [-0.15, -0.1) is 11.3 Å². The maximum atomic E-state index is 5.89. The molecular weight excluding hydrogens is 605 g/mol. The van der Waals surface area contributed by atoms with Crippen LogP contribution in [-0.4, -0.2) is 48.2 Å². The Bertz CT molecular complexity index is 1380. The molecule has 3 heterocycles. The van der Waals surface area contributed by atoms with E-state index in [0.717, 1.165) is 63.1 Å². The Balaban J connectivity index is 1.10. The Morgan fingerprint density at radius 1 is 0.708 bits per heavy atom. The molecule has 3 nitrogen and oxygen atoms in total. The van der Waals surface area contributed by atoms with Gasteiger partial charge in [-0.2, -0.15) is 0 Å². The highest BCUT2D eigenvalue weighted by atomic mass is 32.1. The van der Waals surface area contributed by atoms with Gasteiger partial charge in [0.05, 0.1) is 13.2 Å². The first-order chi connectivity index (χ1) is 23.5. The van der Waals surface area contributed by atoms with Crippen LogP contribution in [0.1, 0.15) is 117 Å². The first kappa shape index (κ1) is 34.5. The van der Waals surface area contributed by atoms with Crippen molar-refractivity contribution in [1.82, 2.24) is 9.80 Å². The lowest BCUT2D eigenvalue weighted by atomic mass is 9.65. The summed E-state index contributed by atoms with van der Waals surface area (Å²) in [5, 5.41) is 2.52. The van der Waals surface area contributed by atoms with E-state index in [9.17, 15) is 0 Å². The number of fused-ring (bicyclic) bond motifs is 2. The lowest BCUT2D eigenvalue weighted by Crippen LogP contribution is -2.45. The molecule has 2 fully saturated rings. The van der Waals surface area contributed by atoms with Crippen LogP contribution in [0.3, 0.4) is 0 Å². The predicted octanol–water partition coefficient (Wildman–Crippen LogP) is 10.3. The van der Waals surface area contributed by atoms with Crippen molar-refractivity contribution in [2.75, 3.05) is 26.3 Å². The Morgan fingerprint density at radius 3 is 1.96 bits per heavy atom. The molecule has 3 aromatic rings. The first-order valence-electron chi connectivity index (χ1n) is 19.8. The fourth-order valence-corrected chi connectivity index (χ4v) is 11.1. The highest BCUT2D eigenvalue weighted by Gasteiger charge is 2.39. The number of rotatable bonds is 14. The summed E-state index contributed by atoms with van der Waals surface area (Å²) < 4.78 is 5.89. The molecule has 4 aliphatic rings. The van der Waals surface area contributed by atoms with Crippen molar-refractivity contribution in [3.8, 4) is 0 Å². The van der Waals surface area contributed by atoms with E-state index in [-0.39, 0.29) is 0 Å². The van der Waals surface area contributed by atoms with Gasteiger partial charge in [0, 0.05) is 43.1 Å². The molecule has 1 aromatic heterocycles. The third kappa shape index (κ3) is 8.31. The third-order valence-corrected chi connectivity index (χ3v) is 14.3. The summed E-state index contributed by atoms with van der Waals surface area (Å²) in [7, 11) is 0. The minimum atomic E-state index is 0.619. The van der Waals surface area contributed by atoms with Crippen LogP contribution >= 0.6 is 11.3 Å². The molecule has 4 heteroatoms. The van der Waals surface area contributed by atoms with Crippen LogP contribution in [0.25, 0.3) is 0 Å². The number of benzene rings is 2. The molecule has 0 bridgehead atoms. The van der Waals surface area contributed by atoms with Gasteiger partial charge < -0.3 is 4.74 Å². The van der Waals surface area contributed by atoms with Crippen molar-refractivity contribution >= 4 is 11.3 Å². The molecule has 4 unspecified atom stereocenters. The van der Waals surface area contributed by atoms with Gasteiger partial charge in [0.2, 0.25) is 0 Å². The average molecular weight is 667 g/mol. The van der Waals surface area contributed by atoms with Crippen LogP contribution in [0, 0.1) is 23.7 Å². The summed E-state index contributed by atoms with van der Waals surface area (Å²) in [6.07, 6.45) is 16.4. The SMILES string of the molecule is CC(C)c1cc(CC(C2Cc3ccccc3C2)C(CCC(CCC(C)N2Cc3ccccc3C2)N2CCOCC2)C2CCCCC2)cs1. The van der Waals surface area contributed by atoms with E-state index in [0.29, 0.717) is 18.0 Å². The smallest absolute Gasteiger partial charge is 0.0594 e. The summed E-state index contributed by atoms with van der Waals surface area (Å²) >= 11 is 2.01. The van der Waals surface area contributed by atoms with Gasteiger partial charge in [-0.1, -0.05) is 94.5 Å². The molecule has 2 aromatic carbocycles. The summed E-state index contributed by atoms with van der Waals surface area (Å²) in [5.74, 6) is 3.88. The van der Waals surface area contributed by atoms with Gasteiger partial charge in [-0.3, -0.25) is 9.80 Å².